The van der Waals surface area contributed by atoms with Gasteiger partial charge in [0.05, 0.1) is 6.61 Å². The lowest BCUT2D eigenvalue weighted by atomic mass is 10.1. The number of carbonyl (C=O) groups is 1. The molecule has 0 bridgehead atoms. The van der Waals surface area contributed by atoms with Crippen molar-refractivity contribution in [2.75, 3.05) is 6.61 Å². The van der Waals surface area contributed by atoms with Crippen molar-refractivity contribution in [3.63, 3.8) is 0 Å². The van der Waals surface area contributed by atoms with Crippen molar-refractivity contribution in [1.82, 2.24) is 4.98 Å². The summed E-state index contributed by atoms with van der Waals surface area (Å²) in [6.07, 6.45) is 3.81. The number of aryl methyl sites for hydroxylation is 1. The lowest BCUT2D eigenvalue weighted by Gasteiger charge is -1.98. The molecule has 0 aliphatic heterocycles. The molecule has 1 aromatic carbocycles. The van der Waals surface area contributed by atoms with Crippen molar-refractivity contribution < 1.29 is 9.53 Å². The fraction of sp³-hybridized carbons (Fsp3) is 0.250. The monoisotopic (exact) mass is 203 g/mol. The summed E-state index contributed by atoms with van der Waals surface area (Å²) in [5, 5.41) is 1.25. The van der Waals surface area contributed by atoms with Crippen LogP contribution in [0.15, 0.2) is 30.5 Å². The minimum atomic E-state index is 0.489. The summed E-state index contributed by atoms with van der Waals surface area (Å²) in [5.74, 6) is 0. The summed E-state index contributed by atoms with van der Waals surface area (Å²) in [6, 6.07) is 8.20. The molecule has 0 aliphatic carbocycles. The number of ether oxygens (including phenoxy) is 1. The molecule has 1 N–H and O–H groups in total. The van der Waals surface area contributed by atoms with Gasteiger partial charge in [0.15, 0.2) is 0 Å². The molecule has 78 valence electrons. The van der Waals surface area contributed by atoms with Gasteiger partial charge in [-0.05, 0) is 24.5 Å². The van der Waals surface area contributed by atoms with Crippen molar-refractivity contribution in [3.05, 3.63) is 36.0 Å². The van der Waals surface area contributed by atoms with E-state index in [2.05, 4.69) is 21.9 Å². The van der Waals surface area contributed by atoms with Crippen LogP contribution in [0.2, 0.25) is 0 Å². The van der Waals surface area contributed by atoms with E-state index >= 15 is 0 Å². The molecular formula is C12H13NO2. The minimum absolute atomic E-state index is 0.489. The van der Waals surface area contributed by atoms with Gasteiger partial charge in [0, 0.05) is 17.1 Å². The number of rotatable bonds is 5. The summed E-state index contributed by atoms with van der Waals surface area (Å²) in [5.41, 5.74) is 2.43. The van der Waals surface area contributed by atoms with Gasteiger partial charge in [0.1, 0.15) is 0 Å². The molecule has 0 aliphatic rings. The van der Waals surface area contributed by atoms with Gasteiger partial charge < -0.3 is 9.72 Å². The molecule has 0 spiro atoms. The average molecular weight is 203 g/mol. The zero-order valence-corrected chi connectivity index (χ0v) is 8.40. The molecule has 0 saturated heterocycles. The van der Waals surface area contributed by atoms with Gasteiger partial charge in [-0.15, -0.1) is 0 Å². The first-order chi connectivity index (χ1) is 7.42. The van der Waals surface area contributed by atoms with Crippen LogP contribution in [0.25, 0.3) is 10.9 Å². The third-order valence-corrected chi connectivity index (χ3v) is 2.45. The van der Waals surface area contributed by atoms with Gasteiger partial charge in [-0.3, -0.25) is 4.79 Å². The first-order valence-electron chi connectivity index (χ1n) is 5.02. The van der Waals surface area contributed by atoms with Crippen LogP contribution in [0.1, 0.15) is 12.0 Å². The normalized spacial score (nSPS) is 10.4. The number of nitrogens with one attached hydrogen (secondary N) is 1. The van der Waals surface area contributed by atoms with Crippen LogP contribution < -0.4 is 0 Å². The van der Waals surface area contributed by atoms with E-state index in [-0.39, 0.29) is 0 Å². The van der Waals surface area contributed by atoms with Gasteiger partial charge in [-0.25, -0.2) is 0 Å². The van der Waals surface area contributed by atoms with Gasteiger partial charge >= 0.3 is 0 Å². The second-order valence-electron chi connectivity index (χ2n) is 3.43. The Morgan fingerprint density at radius 2 is 2.20 bits per heavy atom. The highest BCUT2D eigenvalue weighted by atomic mass is 16.5. The Morgan fingerprint density at radius 1 is 1.33 bits per heavy atom. The summed E-state index contributed by atoms with van der Waals surface area (Å²) in [7, 11) is 0. The van der Waals surface area contributed by atoms with E-state index in [9.17, 15) is 4.79 Å². The third-order valence-electron chi connectivity index (χ3n) is 2.45. The van der Waals surface area contributed by atoms with E-state index < -0.39 is 0 Å². The highest BCUT2D eigenvalue weighted by Crippen LogP contribution is 2.18. The lowest BCUT2D eigenvalue weighted by Crippen LogP contribution is -1.93. The van der Waals surface area contributed by atoms with Crippen molar-refractivity contribution in [2.24, 2.45) is 0 Å². The van der Waals surface area contributed by atoms with Crippen LogP contribution in [0.5, 0.6) is 0 Å². The number of para-hydroxylation sites is 1. The van der Waals surface area contributed by atoms with Crippen molar-refractivity contribution in [2.45, 2.75) is 12.8 Å². The molecule has 2 aromatic rings. The Labute approximate surface area is 88.1 Å². The maximum absolute atomic E-state index is 9.95. The molecule has 0 saturated carbocycles. The van der Waals surface area contributed by atoms with Crippen LogP contribution >= 0.6 is 0 Å². The number of hydrogen-bond donors (Lipinski definition) is 1. The Hall–Kier alpha value is -1.77. The maximum atomic E-state index is 9.95. The number of benzene rings is 1. The SMILES string of the molecule is O=COCCCc1c[nH]c2ccccc12. The summed E-state index contributed by atoms with van der Waals surface area (Å²) in [6.45, 7) is 0.984. The van der Waals surface area contributed by atoms with Crippen molar-refractivity contribution >= 4 is 17.4 Å². The smallest absolute Gasteiger partial charge is 0.293 e. The number of carbonyl (C=O) groups excluding carboxylic acids is 1. The molecule has 0 radical (unpaired) electrons. The molecule has 0 atom stereocenters. The topological polar surface area (TPSA) is 42.1 Å². The Morgan fingerprint density at radius 3 is 3.07 bits per heavy atom. The average Bonchev–Trinajstić information content (AvgIpc) is 2.68. The molecule has 15 heavy (non-hydrogen) atoms. The number of aromatic amines is 1. The van der Waals surface area contributed by atoms with Gasteiger partial charge in [-0.2, -0.15) is 0 Å². The molecule has 1 heterocycles. The summed E-state index contributed by atoms with van der Waals surface area (Å²) < 4.78 is 4.65. The zero-order chi connectivity index (χ0) is 10.5. The fourth-order valence-corrected chi connectivity index (χ4v) is 1.73. The summed E-state index contributed by atoms with van der Waals surface area (Å²) in [4.78, 5) is 13.2. The van der Waals surface area contributed by atoms with Crippen LogP contribution in [0, 0.1) is 0 Å². The molecule has 1 aromatic heterocycles. The first-order valence-corrected chi connectivity index (χ1v) is 5.02. The van der Waals surface area contributed by atoms with E-state index in [0.717, 1.165) is 18.4 Å². The molecule has 3 heteroatoms. The highest BCUT2D eigenvalue weighted by molar-refractivity contribution is 5.82. The van der Waals surface area contributed by atoms with Gasteiger partial charge in [0.2, 0.25) is 0 Å². The number of hydrogen-bond acceptors (Lipinski definition) is 2. The van der Waals surface area contributed by atoms with Crippen LogP contribution in [-0.4, -0.2) is 18.1 Å². The molecule has 2 rings (SSSR count). The van der Waals surface area contributed by atoms with E-state index in [1.165, 1.54) is 10.9 Å². The molecule has 0 unspecified atom stereocenters. The number of H-pyrrole nitrogens is 1. The first kappa shape index (κ1) is 9.77. The fourth-order valence-electron chi connectivity index (χ4n) is 1.73. The maximum Gasteiger partial charge on any atom is 0.293 e. The number of aromatic nitrogens is 1. The second kappa shape index (κ2) is 4.64. The quantitative estimate of drug-likeness (QED) is 0.598. The highest BCUT2D eigenvalue weighted by Gasteiger charge is 2.01. The van der Waals surface area contributed by atoms with Crippen LogP contribution in [0.4, 0.5) is 0 Å². The van der Waals surface area contributed by atoms with Crippen molar-refractivity contribution in [3.8, 4) is 0 Å². The van der Waals surface area contributed by atoms with Crippen LogP contribution in [-0.2, 0) is 16.0 Å². The predicted octanol–water partition coefficient (Wildman–Crippen LogP) is 2.27. The summed E-state index contributed by atoms with van der Waals surface area (Å²) >= 11 is 0. The van der Waals surface area contributed by atoms with Gasteiger partial charge in [-0.1, -0.05) is 18.2 Å². The standard InChI is InChI=1S/C12H13NO2/c14-9-15-7-3-4-10-8-13-12-6-2-1-5-11(10)12/h1-2,5-6,8-9,13H,3-4,7H2. The Bertz CT molecular complexity index is 448. The predicted molar refractivity (Wildman–Crippen MR) is 58.6 cm³/mol. The third kappa shape index (κ3) is 2.18. The molecular weight excluding hydrogens is 190 g/mol. The number of fused-ring (bicyclic) bond motifs is 1. The molecule has 0 amide bonds. The minimum Gasteiger partial charge on any atom is -0.468 e. The largest absolute Gasteiger partial charge is 0.468 e. The molecule has 3 nitrogen and oxygen atoms in total. The van der Waals surface area contributed by atoms with E-state index in [1.54, 1.807) is 0 Å². The van der Waals surface area contributed by atoms with E-state index in [4.69, 9.17) is 0 Å². The van der Waals surface area contributed by atoms with Gasteiger partial charge in [0.25, 0.3) is 6.47 Å². The van der Waals surface area contributed by atoms with E-state index in [1.807, 2.05) is 18.3 Å². The Balaban J connectivity index is 2.05. The van der Waals surface area contributed by atoms with E-state index in [0.29, 0.717) is 13.1 Å². The second-order valence-corrected chi connectivity index (χ2v) is 3.43. The lowest BCUT2D eigenvalue weighted by molar-refractivity contribution is -0.128. The zero-order valence-electron chi connectivity index (χ0n) is 8.40. The van der Waals surface area contributed by atoms with Crippen molar-refractivity contribution in [1.29, 1.82) is 0 Å². The molecule has 0 fully saturated rings. The Kier molecular flexibility index (Phi) is 3.02. The van der Waals surface area contributed by atoms with Crippen LogP contribution in [0.3, 0.4) is 0 Å².